The molecule has 0 unspecified atom stereocenters. The van der Waals surface area contributed by atoms with Gasteiger partial charge in [-0.3, -0.25) is 9.59 Å². The van der Waals surface area contributed by atoms with Crippen molar-refractivity contribution in [1.82, 2.24) is 0 Å². The fraction of sp³-hybridized carbons (Fsp3) is 0.167. The van der Waals surface area contributed by atoms with Crippen LogP contribution in [0.3, 0.4) is 0 Å². The summed E-state index contributed by atoms with van der Waals surface area (Å²) in [6, 6.07) is 12.5. The van der Waals surface area contributed by atoms with Gasteiger partial charge in [-0.1, -0.05) is 12.1 Å². The molecule has 0 saturated carbocycles. The van der Waals surface area contributed by atoms with Crippen molar-refractivity contribution in [1.29, 1.82) is 0 Å². The molecule has 1 heterocycles. The second kappa shape index (κ2) is 6.72. The molecule has 3 rings (SSSR count). The number of rotatable bonds is 3. The Kier molecular flexibility index (Phi) is 4.60. The number of benzene rings is 2. The van der Waals surface area contributed by atoms with Crippen LogP contribution in [0.1, 0.15) is 27.6 Å². The molecule has 2 aromatic rings. The smallest absolute Gasteiger partial charge is 0.442 e. The average Bonchev–Trinajstić information content (AvgIpc) is 2.86. The van der Waals surface area contributed by atoms with Crippen LogP contribution in [-0.4, -0.2) is 35.0 Å². The summed E-state index contributed by atoms with van der Waals surface area (Å²) in [4.78, 5) is 37.8. The summed E-state index contributed by atoms with van der Waals surface area (Å²) in [6.45, 7) is 1.76. The Morgan fingerprint density at radius 1 is 1.04 bits per heavy atom. The Hall–Kier alpha value is -3.00. The minimum atomic E-state index is -2.99. The van der Waals surface area contributed by atoms with Crippen LogP contribution in [0.4, 0.5) is 10.5 Å². The van der Waals surface area contributed by atoms with Crippen LogP contribution in [0.2, 0.25) is 0 Å². The van der Waals surface area contributed by atoms with E-state index < -0.39 is 27.6 Å². The maximum atomic E-state index is 12.6. The third-order valence-electron chi connectivity index (χ3n) is 3.84. The number of fused-ring (bicyclic) bond motifs is 1. The summed E-state index contributed by atoms with van der Waals surface area (Å²) in [7, 11) is -2.99. The molecule has 26 heavy (non-hydrogen) atoms. The van der Waals surface area contributed by atoms with E-state index in [4.69, 9.17) is 0 Å². The largest absolute Gasteiger partial charge is 0.448 e. The van der Waals surface area contributed by atoms with Crippen molar-refractivity contribution < 1.29 is 23.3 Å². The Bertz CT molecular complexity index is 985. The lowest BCUT2D eigenvalue weighted by molar-refractivity contribution is 0.0926. The van der Waals surface area contributed by atoms with E-state index in [1.165, 1.54) is 30.5 Å². The summed E-state index contributed by atoms with van der Waals surface area (Å²) in [5.41, 5.74) is 1.04. The molecule has 7 nitrogen and oxygen atoms in total. The highest BCUT2D eigenvalue weighted by Gasteiger charge is 2.36. The van der Waals surface area contributed by atoms with Crippen molar-refractivity contribution >= 4 is 33.3 Å². The summed E-state index contributed by atoms with van der Waals surface area (Å²) < 4.78 is 20.9. The lowest BCUT2D eigenvalue weighted by Crippen LogP contribution is -2.29. The van der Waals surface area contributed by atoms with E-state index >= 15 is 0 Å². The number of hydrogen-bond acceptors (Lipinski definition) is 5. The van der Waals surface area contributed by atoms with Gasteiger partial charge in [-0.25, -0.2) is 13.9 Å². The average molecular weight is 372 g/mol. The van der Waals surface area contributed by atoms with Crippen LogP contribution in [0.15, 0.2) is 57.8 Å². The SMILES string of the molecule is CCOC(=O)N=[S@@](C)(=O)c1ccc(N2C(=O)c3ccccc3C2=O)cc1. The van der Waals surface area contributed by atoms with E-state index in [9.17, 15) is 18.6 Å². The third kappa shape index (κ3) is 3.11. The summed E-state index contributed by atoms with van der Waals surface area (Å²) in [5.74, 6) is -0.821. The van der Waals surface area contributed by atoms with Crippen LogP contribution < -0.4 is 4.90 Å². The molecule has 0 spiro atoms. The lowest BCUT2D eigenvalue weighted by atomic mass is 10.1. The molecule has 3 amide bonds. The number of carbonyl (C=O) groups is 3. The zero-order valence-electron chi connectivity index (χ0n) is 14.2. The van der Waals surface area contributed by atoms with Gasteiger partial charge in [0.15, 0.2) is 0 Å². The van der Waals surface area contributed by atoms with E-state index in [2.05, 4.69) is 9.10 Å². The van der Waals surface area contributed by atoms with Gasteiger partial charge in [-0.15, -0.1) is 4.36 Å². The Labute approximate surface area is 150 Å². The monoisotopic (exact) mass is 372 g/mol. The quantitative estimate of drug-likeness (QED) is 0.772. The lowest BCUT2D eigenvalue weighted by Gasteiger charge is -2.14. The molecule has 0 N–H and O–H groups in total. The molecule has 0 aromatic heterocycles. The molecule has 1 aliphatic rings. The molecular weight excluding hydrogens is 356 g/mol. The number of carbonyl (C=O) groups excluding carboxylic acids is 3. The van der Waals surface area contributed by atoms with Crippen molar-refractivity contribution in [2.24, 2.45) is 4.36 Å². The van der Waals surface area contributed by atoms with Crippen LogP contribution in [0.5, 0.6) is 0 Å². The second-order valence-corrected chi connectivity index (χ2v) is 7.84. The highest BCUT2D eigenvalue weighted by molar-refractivity contribution is 7.93. The highest BCUT2D eigenvalue weighted by Crippen LogP contribution is 2.29. The Morgan fingerprint density at radius 2 is 1.58 bits per heavy atom. The summed E-state index contributed by atoms with van der Waals surface area (Å²) >= 11 is 0. The van der Waals surface area contributed by atoms with Gasteiger partial charge in [0.25, 0.3) is 11.8 Å². The maximum absolute atomic E-state index is 12.6. The molecule has 1 aliphatic heterocycles. The standard InChI is InChI=1S/C18H16N2O5S/c1-3-25-18(23)19-26(2,24)13-10-8-12(9-11-13)20-16(21)14-6-4-5-7-15(14)17(20)22/h4-11H,3H2,1-2H3/t26-/m0/s1. The van der Waals surface area contributed by atoms with Gasteiger partial charge >= 0.3 is 6.09 Å². The zero-order valence-corrected chi connectivity index (χ0v) is 15.0. The fourth-order valence-corrected chi connectivity index (χ4v) is 3.70. The second-order valence-electron chi connectivity index (χ2n) is 5.58. The van der Waals surface area contributed by atoms with Crippen LogP contribution in [0.25, 0.3) is 0 Å². The number of ether oxygens (including phenoxy) is 1. The van der Waals surface area contributed by atoms with E-state index in [-0.39, 0.29) is 6.61 Å². The predicted octanol–water partition coefficient (Wildman–Crippen LogP) is 3.10. The fourth-order valence-electron chi connectivity index (χ4n) is 2.62. The molecule has 1 atom stereocenters. The third-order valence-corrected chi connectivity index (χ3v) is 5.49. The van der Waals surface area contributed by atoms with Crippen molar-refractivity contribution in [2.45, 2.75) is 11.8 Å². The van der Waals surface area contributed by atoms with E-state index in [1.807, 2.05) is 0 Å². The maximum Gasteiger partial charge on any atom is 0.442 e. The van der Waals surface area contributed by atoms with E-state index in [0.717, 1.165) is 4.90 Å². The molecule has 8 heteroatoms. The van der Waals surface area contributed by atoms with Crippen LogP contribution in [-0.2, 0) is 14.5 Å². The Balaban J connectivity index is 1.92. The van der Waals surface area contributed by atoms with Gasteiger partial charge in [0.05, 0.1) is 33.2 Å². The minimum Gasteiger partial charge on any atom is -0.448 e. The first-order valence-corrected chi connectivity index (χ1v) is 9.74. The normalized spacial score (nSPS) is 15.4. The first-order chi connectivity index (χ1) is 12.3. The van der Waals surface area contributed by atoms with Crippen molar-refractivity contribution in [2.75, 3.05) is 17.8 Å². The number of hydrogen-bond donors (Lipinski definition) is 0. The van der Waals surface area contributed by atoms with Crippen LogP contribution >= 0.6 is 0 Å². The van der Waals surface area contributed by atoms with E-state index in [0.29, 0.717) is 21.7 Å². The van der Waals surface area contributed by atoms with Crippen LogP contribution in [0, 0.1) is 0 Å². The van der Waals surface area contributed by atoms with Crippen molar-refractivity contribution in [3.8, 4) is 0 Å². The van der Waals surface area contributed by atoms with Crippen molar-refractivity contribution in [3.05, 3.63) is 59.7 Å². The zero-order chi connectivity index (χ0) is 18.9. The van der Waals surface area contributed by atoms with Gasteiger partial charge in [-0.05, 0) is 43.3 Å². The number of nitrogens with zero attached hydrogens (tertiary/aromatic N) is 2. The molecule has 134 valence electrons. The van der Waals surface area contributed by atoms with Gasteiger partial charge in [0.1, 0.15) is 0 Å². The molecule has 0 radical (unpaired) electrons. The predicted molar refractivity (Wildman–Crippen MR) is 95.8 cm³/mol. The molecule has 0 bridgehead atoms. The topological polar surface area (TPSA) is 93.1 Å². The summed E-state index contributed by atoms with van der Waals surface area (Å²) in [5, 5.41) is 0. The van der Waals surface area contributed by atoms with E-state index in [1.54, 1.807) is 31.2 Å². The minimum absolute atomic E-state index is 0.135. The summed E-state index contributed by atoms with van der Waals surface area (Å²) in [6.07, 6.45) is 0.422. The first kappa shape index (κ1) is 17.8. The van der Waals surface area contributed by atoms with Gasteiger partial charge < -0.3 is 4.74 Å². The van der Waals surface area contributed by atoms with Gasteiger partial charge in [-0.2, -0.15) is 0 Å². The van der Waals surface area contributed by atoms with Gasteiger partial charge in [0, 0.05) is 11.2 Å². The first-order valence-electron chi connectivity index (χ1n) is 7.82. The van der Waals surface area contributed by atoms with Gasteiger partial charge in [0.2, 0.25) is 0 Å². The molecular formula is C18H16N2O5S. The molecule has 0 saturated heterocycles. The van der Waals surface area contributed by atoms with Crippen molar-refractivity contribution in [3.63, 3.8) is 0 Å². The molecule has 0 aliphatic carbocycles. The Morgan fingerprint density at radius 3 is 2.08 bits per heavy atom. The number of imide groups is 1. The highest BCUT2D eigenvalue weighted by atomic mass is 32.2. The number of amides is 3. The number of anilines is 1. The molecule has 2 aromatic carbocycles. The molecule has 0 fully saturated rings.